The molecular formula is C12H19NO4. The molecule has 2 N–H and O–H groups in total. The van der Waals surface area contributed by atoms with Crippen LogP contribution in [0.4, 0.5) is 0 Å². The van der Waals surface area contributed by atoms with Crippen molar-refractivity contribution < 1.29 is 19.4 Å². The maximum atomic E-state index is 11.7. The molecule has 0 aliphatic carbocycles. The molecule has 1 rings (SSSR count). The summed E-state index contributed by atoms with van der Waals surface area (Å²) in [5.74, 6) is -1.40. The van der Waals surface area contributed by atoms with Crippen LogP contribution in [0.2, 0.25) is 0 Å². The average molecular weight is 241 g/mol. The van der Waals surface area contributed by atoms with Gasteiger partial charge in [-0.15, -0.1) is 6.58 Å². The lowest BCUT2D eigenvalue weighted by Crippen LogP contribution is -2.43. The molecule has 17 heavy (non-hydrogen) atoms. The normalized spacial score (nSPS) is 20.8. The van der Waals surface area contributed by atoms with Gasteiger partial charge in [-0.05, 0) is 25.7 Å². The molecule has 0 bridgehead atoms. The van der Waals surface area contributed by atoms with Crippen molar-refractivity contribution in [1.29, 1.82) is 0 Å². The van der Waals surface area contributed by atoms with Crippen molar-refractivity contribution >= 4 is 11.9 Å². The van der Waals surface area contributed by atoms with Crippen LogP contribution in [-0.4, -0.2) is 36.2 Å². The Morgan fingerprint density at radius 2 is 2.35 bits per heavy atom. The number of amides is 1. The van der Waals surface area contributed by atoms with Gasteiger partial charge in [0.05, 0.1) is 12.5 Å². The van der Waals surface area contributed by atoms with Gasteiger partial charge in [-0.1, -0.05) is 6.08 Å². The highest BCUT2D eigenvalue weighted by molar-refractivity contribution is 5.85. The zero-order chi connectivity index (χ0) is 12.7. The molecule has 5 nitrogen and oxygen atoms in total. The van der Waals surface area contributed by atoms with E-state index in [9.17, 15) is 9.59 Å². The summed E-state index contributed by atoms with van der Waals surface area (Å²) in [5, 5.41) is 11.6. The van der Waals surface area contributed by atoms with Gasteiger partial charge < -0.3 is 15.2 Å². The van der Waals surface area contributed by atoms with E-state index in [0.717, 1.165) is 6.42 Å². The van der Waals surface area contributed by atoms with Crippen LogP contribution in [0.15, 0.2) is 12.7 Å². The van der Waals surface area contributed by atoms with Crippen LogP contribution in [0.3, 0.4) is 0 Å². The number of unbranched alkanes of at least 4 members (excludes halogenated alkanes) is 1. The largest absolute Gasteiger partial charge is 0.480 e. The number of hydrogen-bond acceptors (Lipinski definition) is 3. The molecule has 1 amide bonds. The predicted molar refractivity (Wildman–Crippen MR) is 62.5 cm³/mol. The summed E-state index contributed by atoms with van der Waals surface area (Å²) in [6.45, 7) is 4.54. The van der Waals surface area contributed by atoms with Crippen molar-refractivity contribution in [2.75, 3.05) is 13.2 Å². The van der Waals surface area contributed by atoms with Crippen LogP contribution in [-0.2, 0) is 14.3 Å². The molecule has 0 aromatic carbocycles. The van der Waals surface area contributed by atoms with E-state index in [1.165, 1.54) is 0 Å². The molecule has 1 saturated heterocycles. The summed E-state index contributed by atoms with van der Waals surface area (Å²) in [7, 11) is 0. The van der Waals surface area contributed by atoms with Crippen molar-refractivity contribution in [3.8, 4) is 0 Å². The Morgan fingerprint density at radius 1 is 1.59 bits per heavy atom. The number of carboxylic acids is 1. The number of hydrogen-bond donors (Lipinski definition) is 2. The maximum Gasteiger partial charge on any atom is 0.326 e. The number of allylic oxidation sites excluding steroid dienone is 1. The van der Waals surface area contributed by atoms with E-state index >= 15 is 0 Å². The van der Waals surface area contributed by atoms with Crippen molar-refractivity contribution in [2.24, 2.45) is 5.92 Å². The van der Waals surface area contributed by atoms with Crippen LogP contribution >= 0.6 is 0 Å². The zero-order valence-corrected chi connectivity index (χ0v) is 9.85. The molecule has 1 aliphatic rings. The van der Waals surface area contributed by atoms with E-state index in [-0.39, 0.29) is 11.8 Å². The third kappa shape index (κ3) is 4.56. The molecule has 0 aromatic rings. The van der Waals surface area contributed by atoms with E-state index in [1.807, 2.05) is 0 Å². The molecule has 0 saturated carbocycles. The highest BCUT2D eigenvalue weighted by Crippen LogP contribution is 2.13. The van der Waals surface area contributed by atoms with Gasteiger partial charge in [0.1, 0.15) is 6.04 Å². The van der Waals surface area contributed by atoms with Gasteiger partial charge in [-0.3, -0.25) is 4.79 Å². The third-order valence-electron chi connectivity index (χ3n) is 2.82. The number of carbonyl (C=O) groups excluding carboxylic acids is 1. The first-order valence-corrected chi connectivity index (χ1v) is 5.87. The van der Waals surface area contributed by atoms with Crippen molar-refractivity contribution in [1.82, 2.24) is 5.32 Å². The van der Waals surface area contributed by atoms with Gasteiger partial charge in [0.25, 0.3) is 0 Å². The number of rotatable bonds is 7. The average Bonchev–Trinajstić information content (AvgIpc) is 2.81. The molecule has 0 spiro atoms. The second-order valence-corrected chi connectivity index (χ2v) is 4.18. The van der Waals surface area contributed by atoms with Gasteiger partial charge in [0.2, 0.25) is 5.91 Å². The minimum atomic E-state index is -0.985. The second kappa shape index (κ2) is 7.06. The van der Waals surface area contributed by atoms with E-state index in [1.54, 1.807) is 6.08 Å². The Kier molecular flexibility index (Phi) is 5.69. The van der Waals surface area contributed by atoms with Gasteiger partial charge in [0.15, 0.2) is 0 Å². The van der Waals surface area contributed by atoms with E-state index in [4.69, 9.17) is 9.84 Å². The van der Waals surface area contributed by atoms with Gasteiger partial charge >= 0.3 is 5.97 Å². The minimum absolute atomic E-state index is 0.198. The minimum Gasteiger partial charge on any atom is -0.480 e. The van der Waals surface area contributed by atoms with Crippen molar-refractivity contribution in [3.63, 3.8) is 0 Å². The van der Waals surface area contributed by atoms with E-state index in [2.05, 4.69) is 11.9 Å². The Bertz CT molecular complexity index is 284. The van der Waals surface area contributed by atoms with Gasteiger partial charge in [0, 0.05) is 6.61 Å². The summed E-state index contributed by atoms with van der Waals surface area (Å²) >= 11 is 0. The van der Waals surface area contributed by atoms with Crippen molar-refractivity contribution in [2.45, 2.75) is 31.7 Å². The lowest BCUT2D eigenvalue weighted by Gasteiger charge is -2.16. The Labute approximate surface area is 101 Å². The molecule has 5 heteroatoms. The van der Waals surface area contributed by atoms with Crippen LogP contribution in [0, 0.1) is 5.92 Å². The Hall–Kier alpha value is -1.36. The first-order valence-electron chi connectivity index (χ1n) is 5.87. The number of carbonyl (C=O) groups is 2. The first-order chi connectivity index (χ1) is 8.15. The summed E-state index contributed by atoms with van der Waals surface area (Å²) in [4.78, 5) is 22.7. The molecule has 2 atom stereocenters. The molecule has 1 aliphatic heterocycles. The fourth-order valence-electron chi connectivity index (χ4n) is 1.75. The maximum absolute atomic E-state index is 11.7. The van der Waals surface area contributed by atoms with Gasteiger partial charge in [-0.2, -0.15) is 0 Å². The zero-order valence-electron chi connectivity index (χ0n) is 9.85. The lowest BCUT2D eigenvalue weighted by molar-refractivity contribution is -0.142. The van der Waals surface area contributed by atoms with Crippen LogP contribution in [0.25, 0.3) is 0 Å². The quantitative estimate of drug-likeness (QED) is 0.514. The summed E-state index contributed by atoms with van der Waals surface area (Å²) in [6.07, 6.45) is 4.31. The highest BCUT2D eigenvalue weighted by atomic mass is 16.5. The van der Waals surface area contributed by atoms with Crippen LogP contribution in [0.5, 0.6) is 0 Å². The van der Waals surface area contributed by atoms with Crippen LogP contribution in [0.1, 0.15) is 25.7 Å². The topological polar surface area (TPSA) is 75.6 Å². The lowest BCUT2D eigenvalue weighted by atomic mass is 10.1. The van der Waals surface area contributed by atoms with Gasteiger partial charge in [-0.25, -0.2) is 4.79 Å². The molecule has 0 unspecified atom stereocenters. The fourth-order valence-corrected chi connectivity index (χ4v) is 1.75. The molecule has 1 heterocycles. The first kappa shape index (κ1) is 13.7. The standard InChI is InChI=1S/C12H19NO4/c1-2-3-4-5-10(12(15)16)13-11(14)9-6-7-17-8-9/h2,9-10H,1,3-8H2,(H,13,14)(H,15,16)/t9-,10-/m0/s1. The summed E-state index contributed by atoms with van der Waals surface area (Å²) in [6, 6.07) is -0.803. The van der Waals surface area contributed by atoms with E-state index in [0.29, 0.717) is 32.5 Å². The SMILES string of the molecule is C=CCCC[C@H](NC(=O)[C@H]1CCOC1)C(=O)O. The number of nitrogens with one attached hydrogen (secondary N) is 1. The molecule has 1 fully saturated rings. The number of ether oxygens (including phenoxy) is 1. The number of carboxylic acid groups (broad SMARTS) is 1. The van der Waals surface area contributed by atoms with Crippen molar-refractivity contribution in [3.05, 3.63) is 12.7 Å². The third-order valence-corrected chi connectivity index (χ3v) is 2.82. The second-order valence-electron chi connectivity index (χ2n) is 4.18. The van der Waals surface area contributed by atoms with Crippen LogP contribution < -0.4 is 5.32 Å². The van der Waals surface area contributed by atoms with E-state index < -0.39 is 12.0 Å². The highest BCUT2D eigenvalue weighted by Gasteiger charge is 2.27. The summed E-state index contributed by atoms with van der Waals surface area (Å²) in [5.41, 5.74) is 0. The number of aliphatic carboxylic acids is 1. The monoisotopic (exact) mass is 241 g/mol. The molecular weight excluding hydrogens is 222 g/mol. The summed E-state index contributed by atoms with van der Waals surface area (Å²) < 4.78 is 5.10. The molecule has 0 aromatic heterocycles. The molecule has 0 radical (unpaired) electrons. The predicted octanol–water partition coefficient (Wildman–Crippen LogP) is 0.949. The fraction of sp³-hybridized carbons (Fsp3) is 0.667. The Balaban J connectivity index is 2.39. The molecule has 96 valence electrons. The Morgan fingerprint density at radius 3 is 2.88 bits per heavy atom. The smallest absolute Gasteiger partial charge is 0.326 e.